The van der Waals surface area contributed by atoms with Crippen LogP contribution in [0.4, 0.5) is 0 Å². The van der Waals surface area contributed by atoms with E-state index in [0.717, 1.165) is 5.75 Å². The second kappa shape index (κ2) is 4.26. The second-order valence-electron chi connectivity index (χ2n) is 3.73. The van der Waals surface area contributed by atoms with Crippen molar-refractivity contribution in [2.24, 2.45) is 0 Å². The number of aromatic nitrogens is 1. The minimum absolute atomic E-state index is 0.222. The molecule has 0 atom stereocenters. The highest BCUT2D eigenvalue weighted by Crippen LogP contribution is 2.25. The Labute approximate surface area is 80.0 Å². The first-order valence-corrected chi connectivity index (χ1v) is 4.71. The predicted octanol–water partition coefficient (Wildman–Crippen LogP) is 2.99. The van der Waals surface area contributed by atoms with E-state index in [0.29, 0.717) is 5.92 Å². The summed E-state index contributed by atoms with van der Waals surface area (Å²) in [5, 5.41) is 0. The highest BCUT2D eigenvalue weighted by molar-refractivity contribution is 5.32. The first-order chi connectivity index (χ1) is 6.11. The zero-order valence-electron chi connectivity index (χ0n) is 8.74. The Bertz CT molecular complexity index is 269. The molecule has 0 aliphatic carbocycles. The smallest absolute Gasteiger partial charge is 0.126 e. The Morgan fingerprint density at radius 1 is 1.23 bits per heavy atom. The van der Waals surface area contributed by atoms with Crippen molar-refractivity contribution in [2.45, 2.75) is 39.7 Å². The third kappa shape index (κ3) is 2.72. The summed E-state index contributed by atoms with van der Waals surface area (Å²) in [6.45, 7) is 8.35. The number of hydrogen-bond donors (Lipinski definition) is 0. The minimum Gasteiger partial charge on any atom is -0.491 e. The molecule has 72 valence electrons. The Hall–Kier alpha value is -1.05. The van der Waals surface area contributed by atoms with E-state index in [-0.39, 0.29) is 6.10 Å². The quantitative estimate of drug-likeness (QED) is 0.711. The monoisotopic (exact) mass is 179 g/mol. The fraction of sp³-hybridized carbons (Fsp3) is 0.545. The van der Waals surface area contributed by atoms with Gasteiger partial charge in [0.15, 0.2) is 0 Å². The lowest BCUT2D eigenvalue weighted by molar-refractivity contribution is 0.239. The van der Waals surface area contributed by atoms with Gasteiger partial charge in [-0.25, -0.2) is 0 Å². The number of ether oxygens (including phenoxy) is 1. The van der Waals surface area contributed by atoms with Gasteiger partial charge in [-0.1, -0.05) is 13.8 Å². The molecule has 1 heterocycles. The molecule has 0 radical (unpaired) electrons. The molecule has 0 fully saturated rings. The molecule has 0 unspecified atom stereocenters. The summed E-state index contributed by atoms with van der Waals surface area (Å²) in [7, 11) is 0. The van der Waals surface area contributed by atoms with Crippen LogP contribution in [0.25, 0.3) is 0 Å². The van der Waals surface area contributed by atoms with Crippen LogP contribution in [0.5, 0.6) is 5.75 Å². The van der Waals surface area contributed by atoms with Crippen molar-refractivity contribution < 1.29 is 4.74 Å². The SMILES string of the molecule is CC(C)Oc1ccncc1C(C)C. The fourth-order valence-corrected chi connectivity index (χ4v) is 1.19. The normalized spacial score (nSPS) is 10.9. The molecule has 0 amide bonds. The van der Waals surface area contributed by atoms with E-state index in [2.05, 4.69) is 18.8 Å². The van der Waals surface area contributed by atoms with Gasteiger partial charge in [0.05, 0.1) is 6.10 Å². The molecule has 0 N–H and O–H groups in total. The van der Waals surface area contributed by atoms with Gasteiger partial charge >= 0.3 is 0 Å². The van der Waals surface area contributed by atoms with Gasteiger partial charge in [-0.05, 0) is 25.8 Å². The van der Waals surface area contributed by atoms with Crippen LogP contribution in [0.2, 0.25) is 0 Å². The van der Waals surface area contributed by atoms with E-state index >= 15 is 0 Å². The van der Waals surface area contributed by atoms with Crippen LogP contribution >= 0.6 is 0 Å². The molecule has 1 aromatic rings. The zero-order valence-corrected chi connectivity index (χ0v) is 8.74. The molecule has 0 saturated carbocycles. The van der Waals surface area contributed by atoms with E-state index < -0.39 is 0 Å². The standard InChI is InChI=1S/C11H17NO/c1-8(2)10-7-12-6-5-11(10)13-9(3)4/h5-9H,1-4H3. The maximum atomic E-state index is 5.67. The van der Waals surface area contributed by atoms with Crippen molar-refractivity contribution >= 4 is 0 Å². The maximum absolute atomic E-state index is 5.67. The van der Waals surface area contributed by atoms with Crippen molar-refractivity contribution in [3.63, 3.8) is 0 Å². The van der Waals surface area contributed by atoms with E-state index in [1.54, 1.807) is 6.20 Å². The predicted molar refractivity (Wildman–Crippen MR) is 54.1 cm³/mol. The largest absolute Gasteiger partial charge is 0.491 e. The number of nitrogens with zero attached hydrogens (tertiary/aromatic N) is 1. The molecular formula is C11H17NO. The molecule has 0 aromatic carbocycles. The summed E-state index contributed by atoms with van der Waals surface area (Å²) >= 11 is 0. The highest BCUT2D eigenvalue weighted by Gasteiger charge is 2.08. The lowest BCUT2D eigenvalue weighted by Gasteiger charge is -2.15. The second-order valence-corrected chi connectivity index (χ2v) is 3.73. The topological polar surface area (TPSA) is 22.1 Å². The number of hydrogen-bond acceptors (Lipinski definition) is 2. The molecular weight excluding hydrogens is 162 g/mol. The van der Waals surface area contributed by atoms with Gasteiger partial charge in [-0.3, -0.25) is 4.98 Å². The average Bonchev–Trinajstić information content (AvgIpc) is 2.03. The Morgan fingerprint density at radius 3 is 2.46 bits per heavy atom. The molecule has 0 bridgehead atoms. The fourth-order valence-electron chi connectivity index (χ4n) is 1.19. The van der Waals surface area contributed by atoms with Gasteiger partial charge in [0.2, 0.25) is 0 Å². The first kappa shape index (κ1) is 10.0. The Balaban J connectivity index is 2.91. The van der Waals surface area contributed by atoms with Crippen LogP contribution < -0.4 is 4.74 Å². The van der Waals surface area contributed by atoms with Crippen LogP contribution in [-0.4, -0.2) is 11.1 Å². The molecule has 0 spiro atoms. The highest BCUT2D eigenvalue weighted by atomic mass is 16.5. The zero-order chi connectivity index (χ0) is 9.84. The van der Waals surface area contributed by atoms with Crippen molar-refractivity contribution in [1.82, 2.24) is 4.98 Å². The van der Waals surface area contributed by atoms with E-state index in [4.69, 9.17) is 4.74 Å². The molecule has 0 aliphatic rings. The van der Waals surface area contributed by atoms with E-state index in [1.807, 2.05) is 26.1 Å². The molecule has 1 rings (SSSR count). The van der Waals surface area contributed by atoms with E-state index in [1.165, 1.54) is 5.56 Å². The van der Waals surface area contributed by atoms with Crippen LogP contribution in [0, 0.1) is 0 Å². The summed E-state index contributed by atoms with van der Waals surface area (Å²) in [6, 6.07) is 1.93. The number of pyridine rings is 1. The summed E-state index contributed by atoms with van der Waals surface area (Å²) in [5.74, 6) is 1.42. The van der Waals surface area contributed by atoms with Crippen molar-refractivity contribution in [2.75, 3.05) is 0 Å². The lowest BCUT2D eigenvalue weighted by atomic mass is 10.1. The van der Waals surface area contributed by atoms with Crippen molar-refractivity contribution in [3.05, 3.63) is 24.0 Å². The van der Waals surface area contributed by atoms with Gasteiger partial charge in [0.25, 0.3) is 0 Å². The van der Waals surface area contributed by atoms with Crippen molar-refractivity contribution in [1.29, 1.82) is 0 Å². The van der Waals surface area contributed by atoms with Gasteiger partial charge in [-0.15, -0.1) is 0 Å². The van der Waals surface area contributed by atoms with Crippen molar-refractivity contribution in [3.8, 4) is 5.75 Å². The summed E-state index contributed by atoms with van der Waals surface area (Å²) in [4.78, 5) is 4.09. The van der Waals surface area contributed by atoms with Gasteiger partial charge in [-0.2, -0.15) is 0 Å². The molecule has 0 aliphatic heterocycles. The van der Waals surface area contributed by atoms with Gasteiger partial charge in [0, 0.05) is 18.0 Å². The van der Waals surface area contributed by atoms with Crippen LogP contribution in [-0.2, 0) is 0 Å². The third-order valence-corrected chi connectivity index (χ3v) is 1.79. The minimum atomic E-state index is 0.222. The van der Waals surface area contributed by atoms with Crippen LogP contribution in [0.15, 0.2) is 18.5 Å². The van der Waals surface area contributed by atoms with Gasteiger partial charge in [0.1, 0.15) is 5.75 Å². The molecule has 0 saturated heterocycles. The van der Waals surface area contributed by atoms with Crippen LogP contribution in [0.1, 0.15) is 39.2 Å². The summed E-state index contributed by atoms with van der Waals surface area (Å²) in [6.07, 6.45) is 3.87. The van der Waals surface area contributed by atoms with Crippen LogP contribution in [0.3, 0.4) is 0 Å². The summed E-state index contributed by atoms with van der Waals surface area (Å²) < 4.78 is 5.67. The average molecular weight is 179 g/mol. The molecule has 1 aromatic heterocycles. The third-order valence-electron chi connectivity index (χ3n) is 1.79. The lowest BCUT2D eigenvalue weighted by Crippen LogP contribution is -2.08. The van der Waals surface area contributed by atoms with E-state index in [9.17, 15) is 0 Å². The number of rotatable bonds is 3. The Kier molecular flexibility index (Phi) is 3.29. The molecule has 2 nitrogen and oxygen atoms in total. The van der Waals surface area contributed by atoms with Gasteiger partial charge < -0.3 is 4.74 Å². The molecule has 13 heavy (non-hydrogen) atoms. The Morgan fingerprint density at radius 2 is 1.92 bits per heavy atom. The summed E-state index contributed by atoms with van der Waals surface area (Å²) in [5.41, 5.74) is 1.18. The maximum Gasteiger partial charge on any atom is 0.126 e. The molecule has 2 heteroatoms. The first-order valence-electron chi connectivity index (χ1n) is 4.71.